The lowest BCUT2D eigenvalue weighted by atomic mass is 10.2. The van der Waals surface area contributed by atoms with E-state index >= 15 is 0 Å². The number of nitrogen functional groups attached to an aromatic ring is 1. The molecule has 2 rings (SSSR count). The first-order valence-electron chi connectivity index (χ1n) is 6.70. The van der Waals surface area contributed by atoms with Crippen LogP contribution in [0.3, 0.4) is 0 Å². The Labute approximate surface area is 114 Å². The summed E-state index contributed by atoms with van der Waals surface area (Å²) in [6.07, 6.45) is -0.0810. The molecule has 6 nitrogen and oxygen atoms in total. The lowest BCUT2D eigenvalue weighted by Crippen LogP contribution is -2.42. The highest BCUT2D eigenvalue weighted by atomic mass is 16.5. The van der Waals surface area contributed by atoms with Crippen LogP contribution in [0.5, 0.6) is 0 Å². The first kappa shape index (κ1) is 14.2. The zero-order valence-electron chi connectivity index (χ0n) is 12.1. The van der Waals surface area contributed by atoms with Crippen LogP contribution in [-0.4, -0.2) is 40.6 Å². The highest BCUT2D eigenvalue weighted by Gasteiger charge is 2.26. The fraction of sp³-hybridized carbons (Fsp3) is 0.692. The van der Waals surface area contributed by atoms with E-state index in [2.05, 4.69) is 34.1 Å². The van der Waals surface area contributed by atoms with Gasteiger partial charge >= 0.3 is 0 Å². The van der Waals surface area contributed by atoms with Gasteiger partial charge in [-0.25, -0.2) is 15.8 Å². The molecule has 0 aromatic carbocycles. The summed E-state index contributed by atoms with van der Waals surface area (Å²) in [6.45, 7) is 10.8. The fourth-order valence-electron chi connectivity index (χ4n) is 2.23. The van der Waals surface area contributed by atoms with Crippen LogP contribution in [0.15, 0.2) is 0 Å². The molecule has 0 bridgehead atoms. The van der Waals surface area contributed by atoms with E-state index in [-0.39, 0.29) is 6.10 Å². The third-order valence-electron chi connectivity index (χ3n) is 3.66. The largest absolute Gasteiger partial charge is 0.368 e. The maximum Gasteiger partial charge on any atom is 0.161 e. The molecule has 0 aliphatic carbocycles. The van der Waals surface area contributed by atoms with Gasteiger partial charge in [0, 0.05) is 30.4 Å². The zero-order chi connectivity index (χ0) is 14.0. The number of aromatic nitrogens is 2. The lowest BCUT2D eigenvalue weighted by Gasteiger charge is -2.34. The van der Waals surface area contributed by atoms with Crippen LogP contribution in [0.25, 0.3) is 0 Å². The predicted molar refractivity (Wildman–Crippen MR) is 74.7 cm³/mol. The Kier molecular flexibility index (Phi) is 4.34. The van der Waals surface area contributed by atoms with Crippen molar-refractivity contribution in [3.8, 4) is 0 Å². The molecule has 1 fully saturated rings. The van der Waals surface area contributed by atoms with Gasteiger partial charge in [0.1, 0.15) is 11.9 Å². The summed E-state index contributed by atoms with van der Waals surface area (Å²) in [5, 5.41) is 0. The summed E-state index contributed by atoms with van der Waals surface area (Å²) in [6, 6.07) is 0.505. The molecule has 0 amide bonds. The van der Waals surface area contributed by atoms with Crippen LogP contribution < -0.4 is 11.3 Å². The average molecular weight is 265 g/mol. The molecule has 2 heterocycles. The van der Waals surface area contributed by atoms with Crippen molar-refractivity contribution in [3.05, 3.63) is 17.1 Å². The third kappa shape index (κ3) is 3.02. The second-order valence-corrected chi connectivity index (χ2v) is 5.23. The molecular weight excluding hydrogens is 242 g/mol. The van der Waals surface area contributed by atoms with Crippen LogP contribution in [-0.2, 0) is 4.74 Å². The number of morpholine rings is 1. The molecule has 0 spiro atoms. The normalized spacial score (nSPS) is 20.8. The van der Waals surface area contributed by atoms with Crippen molar-refractivity contribution in [2.75, 3.05) is 25.1 Å². The topological polar surface area (TPSA) is 76.3 Å². The summed E-state index contributed by atoms with van der Waals surface area (Å²) in [5.41, 5.74) is 4.54. The maximum absolute atomic E-state index is 5.80. The van der Waals surface area contributed by atoms with Gasteiger partial charge in [0.25, 0.3) is 0 Å². The molecule has 1 aliphatic rings. The Morgan fingerprint density at radius 1 is 1.37 bits per heavy atom. The standard InChI is InChI=1S/C13H23N5O/c1-8(2)18-5-6-19-11(7-18)13-15-10(4)9(3)12(16-13)17-14/h8,11H,5-7,14H2,1-4H3,(H,15,16,17). The molecule has 1 aromatic rings. The number of hydrazine groups is 1. The van der Waals surface area contributed by atoms with Crippen molar-refractivity contribution in [2.45, 2.75) is 39.8 Å². The molecule has 1 aliphatic heterocycles. The van der Waals surface area contributed by atoms with Crippen LogP contribution in [0.4, 0.5) is 5.82 Å². The zero-order valence-corrected chi connectivity index (χ0v) is 12.1. The fourth-order valence-corrected chi connectivity index (χ4v) is 2.23. The van der Waals surface area contributed by atoms with Gasteiger partial charge in [0.2, 0.25) is 0 Å². The summed E-state index contributed by atoms with van der Waals surface area (Å²) >= 11 is 0. The summed E-state index contributed by atoms with van der Waals surface area (Å²) in [4.78, 5) is 11.4. The number of ether oxygens (including phenoxy) is 1. The van der Waals surface area contributed by atoms with Gasteiger partial charge in [-0.3, -0.25) is 4.90 Å². The number of nitrogens with zero attached hydrogens (tertiary/aromatic N) is 3. The van der Waals surface area contributed by atoms with Gasteiger partial charge in [-0.1, -0.05) is 0 Å². The minimum Gasteiger partial charge on any atom is -0.368 e. The van der Waals surface area contributed by atoms with E-state index in [0.717, 1.165) is 24.3 Å². The molecule has 1 atom stereocenters. The third-order valence-corrected chi connectivity index (χ3v) is 3.66. The van der Waals surface area contributed by atoms with Gasteiger partial charge < -0.3 is 10.2 Å². The van der Waals surface area contributed by atoms with Crippen molar-refractivity contribution >= 4 is 5.82 Å². The predicted octanol–water partition coefficient (Wildman–Crippen LogP) is 1.16. The van der Waals surface area contributed by atoms with Crippen LogP contribution in [0.1, 0.15) is 37.0 Å². The first-order chi connectivity index (χ1) is 9.02. The second kappa shape index (κ2) is 5.81. The molecule has 1 saturated heterocycles. The quantitative estimate of drug-likeness (QED) is 0.631. The Morgan fingerprint density at radius 2 is 2.11 bits per heavy atom. The Hall–Kier alpha value is -1.24. The van der Waals surface area contributed by atoms with Crippen LogP contribution in [0, 0.1) is 13.8 Å². The van der Waals surface area contributed by atoms with Gasteiger partial charge in [-0.05, 0) is 27.7 Å². The van der Waals surface area contributed by atoms with Crippen LogP contribution in [0.2, 0.25) is 0 Å². The maximum atomic E-state index is 5.80. The molecule has 6 heteroatoms. The molecule has 1 aromatic heterocycles. The van der Waals surface area contributed by atoms with E-state index in [1.807, 2.05) is 13.8 Å². The SMILES string of the molecule is Cc1nc(C2CN(C(C)C)CCO2)nc(NN)c1C. The van der Waals surface area contributed by atoms with E-state index in [4.69, 9.17) is 10.6 Å². The molecule has 19 heavy (non-hydrogen) atoms. The minimum atomic E-state index is -0.0810. The molecule has 3 N–H and O–H groups in total. The monoisotopic (exact) mass is 265 g/mol. The van der Waals surface area contributed by atoms with Crippen LogP contribution >= 0.6 is 0 Å². The molecular formula is C13H23N5O. The van der Waals surface area contributed by atoms with Crippen molar-refractivity contribution in [1.82, 2.24) is 14.9 Å². The minimum absolute atomic E-state index is 0.0810. The number of nitrogens with one attached hydrogen (secondary N) is 1. The Morgan fingerprint density at radius 3 is 2.74 bits per heavy atom. The van der Waals surface area contributed by atoms with Gasteiger partial charge in [0.05, 0.1) is 6.61 Å². The highest BCUT2D eigenvalue weighted by molar-refractivity contribution is 5.44. The van der Waals surface area contributed by atoms with Crippen molar-refractivity contribution < 1.29 is 4.74 Å². The van der Waals surface area contributed by atoms with Gasteiger partial charge in [0.15, 0.2) is 5.82 Å². The number of hydrogen-bond donors (Lipinski definition) is 2. The molecule has 106 valence electrons. The number of hydrogen-bond acceptors (Lipinski definition) is 6. The summed E-state index contributed by atoms with van der Waals surface area (Å²) in [5.74, 6) is 6.89. The summed E-state index contributed by atoms with van der Waals surface area (Å²) in [7, 11) is 0. The van der Waals surface area contributed by atoms with E-state index in [1.54, 1.807) is 0 Å². The van der Waals surface area contributed by atoms with Gasteiger partial charge in [-0.2, -0.15) is 0 Å². The van der Waals surface area contributed by atoms with E-state index < -0.39 is 0 Å². The van der Waals surface area contributed by atoms with Crippen molar-refractivity contribution in [3.63, 3.8) is 0 Å². The van der Waals surface area contributed by atoms with E-state index in [1.165, 1.54) is 0 Å². The van der Waals surface area contributed by atoms with Gasteiger partial charge in [-0.15, -0.1) is 0 Å². The van der Waals surface area contributed by atoms with E-state index in [9.17, 15) is 0 Å². The van der Waals surface area contributed by atoms with E-state index in [0.29, 0.717) is 24.3 Å². The number of nitrogens with two attached hydrogens (primary N) is 1. The Balaban J connectivity index is 2.24. The average Bonchev–Trinajstić information content (AvgIpc) is 2.41. The Bertz CT molecular complexity index is 449. The number of anilines is 1. The number of aryl methyl sites for hydroxylation is 1. The van der Waals surface area contributed by atoms with Crippen molar-refractivity contribution in [2.24, 2.45) is 5.84 Å². The molecule has 1 unspecified atom stereocenters. The molecule has 0 saturated carbocycles. The lowest BCUT2D eigenvalue weighted by molar-refractivity contribution is -0.0442. The molecule has 0 radical (unpaired) electrons. The first-order valence-corrected chi connectivity index (χ1v) is 6.70. The second-order valence-electron chi connectivity index (χ2n) is 5.23. The summed E-state index contributed by atoms with van der Waals surface area (Å²) < 4.78 is 5.80. The smallest absolute Gasteiger partial charge is 0.161 e. The highest BCUT2D eigenvalue weighted by Crippen LogP contribution is 2.23. The van der Waals surface area contributed by atoms with Crippen molar-refractivity contribution in [1.29, 1.82) is 0 Å². The number of rotatable bonds is 3.